The molecule has 90 valence electrons. The molecule has 2 aromatic rings. The Hall–Kier alpha value is -1.84. The maximum atomic E-state index is 4.42. The minimum absolute atomic E-state index is 0.795. The third-order valence-electron chi connectivity index (χ3n) is 2.80. The van der Waals surface area contributed by atoms with E-state index in [0.29, 0.717) is 0 Å². The largest absolute Gasteiger partial charge is 0.379 e. The van der Waals surface area contributed by atoms with Gasteiger partial charge in [-0.05, 0) is 25.5 Å². The summed E-state index contributed by atoms with van der Waals surface area (Å²) in [5.41, 5.74) is 4.51. The molecular weight excluding hydrogens is 212 g/mol. The van der Waals surface area contributed by atoms with E-state index in [-0.39, 0.29) is 0 Å². The van der Waals surface area contributed by atoms with E-state index in [4.69, 9.17) is 0 Å². The fourth-order valence-corrected chi connectivity index (χ4v) is 1.89. The molecule has 0 amide bonds. The smallest absolute Gasteiger partial charge is 0.0671 e. The first kappa shape index (κ1) is 11.6. The molecule has 0 unspecified atom stereocenters. The Morgan fingerprint density at radius 3 is 2.94 bits per heavy atom. The van der Waals surface area contributed by atoms with Crippen molar-refractivity contribution in [2.75, 3.05) is 5.32 Å². The van der Waals surface area contributed by atoms with Gasteiger partial charge in [-0.15, -0.1) is 0 Å². The van der Waals surface area contributed by atoms with Gasteiger partial charge < -0.3 is 5.32 Å². The zero-order valence-corrected chi connectivity index (χ0v) is 10.6. The highest BCUT2D eigenvalue weighted by molar-refractivity contribution is 5.47. The van der Waals surface area contributed by atoms with Crippen LogP contribution in [0.4, 0.5) is 5.69 Å². The molecule has 2 aromatic heterocycles. The molecule has 2 heterocycles. The SMILES string of the molecule is CCc1nn(C)cc1CNc1cccnc1C. The maximum Gasteiger partial charge on any atom is 0.0671 e. The Morgan fingerprint density at radius 2 is 2.24 bits per heavy atom. The van der Waals surface area contributed by atoms with Gasteiger partial charge in [0.05, 0.1) is 17.1 Å². The molecule has 17 heavy (non-hydrogen) atoms. The molecule has 4 heteroatoms. The number of rotatable bonds is 4. The fraction of sp³-hybridized carbons (Fsp3) is 0.385. The zero-order valence-electron chi connectivity index (χ0n) is 10.6. The summed E-state index contributed by atoms with van der Waals surface area (Å²) in [6, 6.07) is 3.99. The third-order valence-corrected chi connectivity index (χ3v) is 2.80. The minimum Gasteiger partial charge on any atom is -0.379 e. The second-order valence-electron chi connectivity index (χ2n) is 4.12. The number of aryl methyl sites for hydroxylation is 3. The molecule has 0 saturated heterocycles. The second-order valence-corrected chi connectivity index (χ2v) is 4.12. The van der Waals surface area contributed by atoms with Crippen LogP contribution in [0.2, 0.25) is 0 Å². The summed E-state index contributed by atoms with van der Waals surface area (Å²) in [6.45, 7) is 4.93. The molecule has 0 radical (unpaired) electrons. The average molecular weight is 230 g/mol. The van der Waals surface area contributed by atoms with Crippen molar-refractivity contribution in [3.8, 4) is 0 Å². The molecule has 0 spiro atoms. The van der Waals surface area contributed by atoms with Crippen LogP contribution in [0, 0.1) is 6.92 Å². The van der Waals surface area contributed by atoms with Crippen LogP contribution < -0.4 is 5.32 Å². The number of nitrogens with one attached hydrogen (secondary N) is 1. The quantitative estimate of drug-likeness (QED) is 0.876. The first-order valence-corrected chi connectivity index (χ1v) is 5.87. The standard InChI is InChI=1S/C13H18N4/c1-4-12-11(9-17(3)16-12)8-15-13-6-5-7-14-10(13)2/h5-7,9,15H,4,8H2,1-3H3. The van der Waals surface area contributed by atoms with Crippen LogP contribution in [0.5, 0.6) is 0 Å². The average Bonchev–Trinajstić information content (AvgIpc) is 2.69. The van der Waals surface area contributed by atoms with E-state index in [1.54, 1.807) is 0 Å². The van der Waals surface area contributed by atoms with Gasteiger partial charge in [0.15, 0.2) is 0 Å². The molecule has 1 N–H and O–H groups in total. The Kier molecular flexibility index (Phi) is 3.42. The first-order valence-electron chi connectivity index (χ1n) is 5.87. The van der Waals surface area contributed by atoms with Crippen LogP contribution in [0.25, 0.3) is 0 Å². The van der Waals surface area contributed by atoms with E-state index in [1.165, 1.54) is 5.56 Å². The van der Waals surface area contributed by atoms with E-state index < -0.39 is 0 Å². The van der Waals surface area contributed by atoms with Crippen LogP contribution >= 0.6 is 0 Å². The van der Waals surface area contributed by atoms with Gasteiger partial charge in [0.25, 0.3) is 0 Å². The van der Waals surface area contributed by atoms with Crippen molar-refractivity contribution in [3.63, 3.8) is 0 Å². The van der Waals surface area contributed by atoms with Crippen molar-refractivity contribution in [1.82, 2.24) is 14.8 Å². The summed E-state index contributed by atoms with van der Waals surface area (Å²) in [5.74, 6) is 0. The number of nitrogens with zero attached hydrogens (tertiary/aromatic N) is 3. The van der Waals surface area contributed by atoms with Crippen molar-refractivity contribution in [3.05, 3.63) is 41.5 Å². The van der Waals surface area contributed by atoms with Crippen LogP contribution in [0.15, 0.2) is 24.5 Å². The highest BCUT2D eigenvalue weighted by atomic mass is 15.3. The summed E-state index contributed by atoms with van der Waals surface area (Å²) in [6.07, 6.45) is 4.84. The normalized spacial score (nSPS) is 10.5. The van der Waals surface area contributed by atoms with Gasteiger partial charge in [0, 0.05) is 31.5 Å². The van der Waals surface area contributed by atoms with Gasteiger partial charge in [-0.3, -0.25) is 9.67 Å². The van der Waals surface area contributed by atoms with Crippen molar-refractivity contribution in [2.45, 2.75) is 26.8 Å². The first-order chi connectivity index (χ1) is 8.20. The summed E-state index contributed by atoms with van der Waals surface area (Å²) in [7, 11) is 1.96. The van der Waals surface area contributed by atoms with Gasteiger partial charge in [0.2, 0.25) is 0 Å². The zero-order chi connectivity index (χ0) is 12.3. The Balaban J connectivity index is 2.09. The highest BCUT2D eigenvalue weighted by Crippen LogP contribution is 2.14. The topological polar surface area (TPSA) is 42.7 Å². The molecule has 2 rings (SSSR count). The van der Waals surface area contributed by atoms with Crippen LogP contribution in [-0.2, 0) is 20.0 Å². The third kappa shape index (κ3) is 2.64. The van der Waals surface area contributed by atoms with Crippen molar-refractivity contribution >= 4 is 5.69 Å². The molecule has 4 nitrogen and oxygen atoms in total. The predicted molar refractivity (Wildman–Crippen MR) is 68.9 cm³/mol. The van der Waals surface area contributed by atoms with E-state index in [2.05, 4.69) is 28.5 Å². The van der Waals surface area contributed by atoms with Gasteiger partial charge in [-0.25, -0.2) is 0 Å². The molecule has 0 aliphatic heterocycles. The van der Waals surface area contributed by atoms with Gasteiger partial charge in [-0.1, -0.05) is 6.92 Å². The second kappa shape index (κ2) is 4.99. The van der Waals surface area contributed by atoms with Crippen molar-refractivity contribution in [2.24, 2.45) is 7.05 Å². The molecule has 0 aromatic carbocycles. The molecule has 0 saturated carbocycles. The number of pyridine rings is 1. The summed E-state index contributed by atoms with van der Waals surface area (Å²) in [5, 5.41) is 7.83. The minimum atomic E-state index is 0.795. The lowest BCUT2D eigenvalue weighted by atomic mass is 10.2. The molecule has 0 bridgehead atoms. The van der Waals surface area contributed by atoms with Gasteiger partial charge in [0.1, 0.15) is 0 Å². The molecule has 0 aliphatic carbocycles. The maximum absolute atomic E-state index is 4.42. The van der Waals surface area contributed by atoms with Gasteiger partial charge >= 0.3 is 0 Å². The van der Waals surface area contributed by atoms with Crippen molar-refractivity contribution < 1.29 is 0 Å². The highest BCUT2D eigenvalue weighted by Gasteiger charge is 2.06. The lowest BCUT2D eigenvalue weighted by Crippen LogP contribution is -2.03. The van der Waals surface area contributed by atoms with Gasteiger partial charge in [-0.2, -0.15) is 5.10 Å². The summed E-state index contributed by atoms with van der Waals surface area (Å²) >= 11 is 0. The number of hydrogen-bond acceptors (Lipinski definition) is 3. The number of anilines is 1. The van der Waals surface area contributed by atoms with E-state index in [1.807, 2.05) is 37.0 Å². The Labute approximate surface area is 102 Å². The predicted octanol–water partition coefficient (Wildman–Crippen LogP) is 2.30. The Morgan fingerprint density at radius 1 is 1.41 bits per heavy atom. The Bertz CT molecular complexity index is 502. The van der Waals surface area contributed by atoms with Crippen molar-refractivity contribution in [1.29, 1.82) is 0 Å². The monoisotopic (exact) mass is 230 g/mol. The van der Waals surface area contributed by atoms with E-state index in [0.717, 1.165) is 30.0 Å². The van der Waals surface area contributed by atoms with E-state index in [9.17, 15) is 0 Å². The van der Waals surface area contributed by atoms with E-state index >= 15 is 0 Å². The molecular formula is C13H18N4. The summed E-state index contributed by atoms with van der Waals surface area (Å²) in [4.78, 5) is 4.26. The number of aromatic nitrogens is 3. The fourth-order valence-electron chi connectivity index (χ4n) is 1.89. The molecule has 0 aliphatic rings. The lowest BCUT2D eigenvalue weighted by molar-refractivity contribution is 0.746. The molecule has 0 fully saturated rings. The lowest BCUT2D eigenvalue weighted by Gasteiger charge is -2.07. The summed E-state index contributed by atoms with van der Waals surface area (Å²) < 4.78 is 1.87. The number of hydrogen-bond donors (Lipinski definition) is 1. The van der Waals surface area contributed by atoms with Crippen LogP contribution in [0.1, 0.15) is 23.9 Å². The van der Waals surface area contributed by atoms with Crippen LogP contribution in [-0.4, -0.2) is 14.8 Å². The molecule has 0 atom stereocenters. The van der Waals surface area contributed by atoms with Crippen LogP contribution in [0.3, 0.4) is 0 Å².